The van der Waals surface area contributed by atoms with Crippen molar-refractivity contribution in [3.8, 4) is 0 Å². The van der Waals surface area contributed by atoms with Gasteiger partial charge in [0.2, 0.25) is 0 Å². The largest absolute Gasteiger partial charge is 0.460 e. The molecule has 2 atom stereocenters. The van der Waals surface area contributed by atoms with E-state index in [-0.39, 0.29) is 12.1 Å². The van der Waals surface area contributed by atoms with Gasteiger partial charge >= 0.3 is 5.97 Å². The zero-order valence-electron chi connectivity index (χ0n) is 12.0. The van der Waals surface area contributed by atoms with Gasteiger partial charge < -0.3 is 9.84 Å². The summed E-state index contributed by atoms with van der Waals surface area (Å²) in [5.41, 5.74) is 0. The Morgan fingerprint density at radius 2 is 1.94 bits per heavy atom. The minimum atomic E-state index is -0.583. The Hall–Kier alpha value is -0.830. The number of carbonyl (C=O) groups excluding carboxylic acids is 1. The lowest BCUT2D eigenvalue weighted by Gasteiger charge is -2.22. The third-order valence-corrected chi connectivity index (χ3v) is 2.87. The molecule has 0 aromatic rings. The Kier molecular flexibility index (Phi) is 10.8. The van der Waals surface area contributed by atoms with Crippen molar-refractivity contribution in [1.82, 2.24) is 0 Å². The smallest absolute Gasteiger partial charge is 0.305 e. The first kappa shape index (κ1) is 17.2. The quantitative estimate of drug-likeness (QED) is 0.369. The van der Waals surface area contributed by atoms with Crippen molar-refractivity contribution in [2.75, 3.05) is 0 Å². The molecule has 0 aliphatic rings. The molecule has 0 heterocycles. The standard InChI is InChI=1S/C15H28O3/c1-4-7-9-11-13(16)14(12-10-8-5-2)18-15(17)6-3/h7,9,13-14,16H,4-6,8,10-12H2,1-3H3/b9-7-/t13-,14+/m0/s1. The maximum atomic E-state index is 11.3. The highest BCUT2D eigenvalue weighted by Crippen LogP contribution is 2.14. The Morgan fingerprint density at radius 3 is 2.50 bits per heavy atom. The molecule has 0 aromatic heterocycles. The number of aliphatic hydroxyl groups is 1. The van der Waals surface area contributed by atoms with Gasteiger partial charge in [-0.15, -0.1) is 0 Å². The molecule has 106 valence electrons. The van der Waals surface area contributed by atoms with Gasteiger partial charge in [0.05, 0.1) is 6.10 Å². The van der Waals surface area contributed by atoms with E-state index in [0.29, 0.717) is 12.8 Å². The van der Waals surface area contributed by atoms with Crippen molar-refractivity contribution < 1.29 is 14.6 Å². The van der Waals surface area contributed by atoms with Crippen molar-refractivity contribution in [3.05, 3.63) is 12.2 Å². The van der Waals surface area contributed by atoms with E-state index in [9.17, 15) is 9.90 Å². The maximum absolute atomic E-state index is 11.3. The van der Waals surface area contributed by atoms with Crippen LogP contribution in [0, 0.1) is 0 Å². The third kappa shape index (κ3) is 8.29. The molecule has 0 aromatic carbocycles. The molecule has 0 rings (SSSR count). The van der Waals surface area contributed by atoms with Crippen LogP contribution in [-0.2, 0) is 9.53 Å². The molecule has 3 nitrogen and oxygen atoms in total. The monoisotopic (exact) mass is 256 g/mol. The number of unbranched alkanes of at least 4 members (excludes halogenated alkanes) is 2. The van der Waals surface area contributed by atoms with E-state index in [4.69, 9.17) is 4.74 Å². The molecule has 0 aliphatic carbocycles. The Balaban J connectivity index is 4.23. The van der Waals surface area contributed by atoms with Gasteiger partial charge in [0.15, 0.2) is 0 Å². The van der Waals surface area contributed by atoms with Crippen LogP contribution in [-0.4, -0.2) is 23.3 Å². The van der Waals surface area contributed by atoms with E-state index in [2.05, 4.69) is 13.8 Å². The van der Waals surface area contributed by atoms with E-state index in [1.165, 1.54) is 0 Å². The lowest BCUT2D eigenvalue weighted by atomic mass is 10.0. The summed E-state index contributed by atoms with van der Waals surface area (Å²) in [5, 5.41) is 10.1. The van der Waals surface area contributed by atoms with Gasteiger partial charge in [0, 0.05) is 6.42 Å². The molecule has 0 amide bonds. The first-order valence-electron chi connectivity index (χ1n) is 7.18. The van der Waals surface area contributed by atoms with E-state index in [0.717, 1.165) is 32.1 Å². The summed E-state index contributed by atoms with van der Waals surface area (Å²) >= 11 is 0. The van der Waals surface area contributed by atoms with E-state index in [1.54, 1.807) is 6.92 Å². The van der Waals surface area contributed by atoms with Gasteiger partial charge in [-0.2, -0.15) is 0 Å². The topological polar surface area (TPSA) is 46.5 Å². The molecule has 0 unspecified atom stereocenters. The maximum Gasteiger partial charge on any atom is 0.305 e. The second kappa shape index (κ2) is 11.3. The zero-order chi connectivity index (χ0) is 13.8. The molecule has 0 fully saturated rings. The van der Waals surface area contributed by atoms with Gasteiger partial charge in [-0.3, -0.25) is 4.79 Å². The van der Waals surface area contributed by atoms with Gasteiger partial charge in [-0.1, -0.05) is 45.8 Å². The summed E-state index contributed by atoms with van der Waals surface area (Å²) in [6, 6.07) is 0. The Labute approximate surface area is 111 Å². The van der Waals surface area contributed by atoms with Crippen LogP contribution in [0.2, 0.25) is 0 Å². The fourth-order valence-electron chi connectivity index (χ4n) is 1.73. The minimum Gasteiger partial charge on any atom is -0.460 e. The average Bonchev–Trinajstić information content (AvgIpc) is 2.37. The predicted octanol–water partition coefficient (Wildman–Crippen LogP) is 3.61. The fraction of sp³-hybridized carbons (Fsp3) is 0.800. The van der Waals surface area contributed by atoms with Gasteiger partial charge in [-0.05, 0) is 25.7 Å². The molecule has 0 radical (unpaired) electrons. The van der Waals surface area contributed by atoms with Crippen LogP contribution >= 0.6 is 0 Å². The molecule has 1 N–H and O–H groups in total. The number of carbonyl (C=O) groups is 1. The van der Waals surface area contributed by atoms with Crippen molar-refractivity contribution in [2.45, 2.75) is 77.9 Å². The normalized spacial score (nSPS) is 14.7. The Morgan fingerprint density at radius 1 is 1.22 bits per heavy atom. The van der Waals surface area contributed by atoms with Crippen LogP contribution in [0.25, 0.3) is 0 Å². The summed E-state index contributed by atoms with van der Waals surface area (Å²) in [5.74, 6) is -0.227. The predicted molar refractivity (Wildman–Crippen MR) is 74.4 cm³/mol. The first-order valence-corrected chi connectivity index (χ1v) is 7.18. The molecule has 0 saturated carbocycles. The molecule has 0 aliphatic heterocycles. The lowest BCUT2D eigenvalue weighted by molar-refractivity contribution is -0.155. The summed E-state index contributed by atoms with van der Waals surface area (Å²) < 4.78 is 5.32. The van der Waals surface area contributed by atoms with Gasteiger partial charge in [0.25, 0.3) is 0 Å². The van der Waals surface area contributed by atoms with Crippen molar-refractivity contribution in [1.29, 1.82) is 0 Å². The molecular weight excluding hydrogens is 228 g/mol. The number of esters is 1. The molecule has 0 bridgehead atoms. The van der Waals surface area contributed by atoms with E-state index in [1.807, 2.05) is 12.2 Å². The molecular formula is C15H28O3. The van der Waals surface area contributed by atoms with E-state index < -0.39 is 6.10 Å². The highest BCUT2D eigenvalue weighted by molar-refractivity contribution is 5.69. The molecule has 18 heavy (non-hydrogen) atoms. The van der Waals surface area contributed by atoms with Crippen LogP contribution in [0.3, 0.4) is 0 Å². The number of hydrogen-bond donors (Lipinski definition) is 1. The summed E-state index contributed by atoms with van der Waals surface area (Å²) in [6.45, 7) is 5.96. The van der Waals surface area contributed by atoms with Crippen molar-refractivity contribution in [2.24, 2.45) is 0 Å². The van der Waals surface area contributed by atoms with Crippen LogP contribution in [0.5, 0.6) is 0 Å². The number of hydrogen-bond acceptors (Lipinski definition) is 3. The second-order valence-corrected chi connectivity index (χ2v) is 4.56. The SMILES string of the molecule is CC/C=C\C[C@H](O)[C@@H](CCCCC)OC(=O)CC. The molecule has 0 saturated heterocycles. The van der Waals surface area contributed by atoms with Crippen LogP contribution in [0.15, 0.2) is 12.2 Å². The van der Waals surface area contributed by atoms with Crippen LogP contribution < -0.4 is 0 Å². The zero-order valence-corrected chi connectivity index (χ0v) is 12.0. The van der Waals surface area contributed by atoms with E-state index >= 15 is 0 Å². The number of allylic oxidation sites excluding steroid dienone is 1. The van der Waals surface area contributed by atoms with Crippen molar-refractivity contribution in [3.63, 3.8) is 0 Å². The van der Waals surface area contributed by atoms with Crippen LogP contribution in [0.1, 0.15) is 65.7 Å². The minimum absolute atomic E-state index is 0.227. The number of aliphatic hydroxyl groups excluding tert-OH is 1. The van der Waals surface area contributed by atoms with Gasteiger partial charge in [-0.25, -0.2) is 0 Å². The van der Waals surface area contributed by atoms with Crippen molar-refractivity contribution >= 4 is 5.97 Å². The summed E-state index contributed by atoms with van der Waals surface area (Å²) in [7, 11) is 0. The summed E-state index contributed by atoms with van der Waals surface area (Å²) in [4.78, 5) is 11.3. The number of rotatable bonds is 10. The number of ether oxygens (including phenoxy) is 1. The molecule has 3 heteroatoms. The second-order valence-electron chi connectivity index (χ2n) is 4.56. The highest BCUT2D eigenvalue weighted by Gasteiger charge is 2.21. The highest BCUT2D eigenvalue weighted by atomic mass is 16.6. The summed E-state index contributed by atoms with van der Waals surface area (Å²) in [6.07, 6.45) is 8.90. The average molecular weight is 256 g/mol. The lowest BCUT2D eigenvalue weighted by Crippen LogP contribution is -2.31. The fourth-order valence-corrected chi connectivity index (χ4v) is 1.73. The molecule has 0 spiro atoms. The van der Waals surface area contributed by atoms with Crippen LogP contribution in [0.4, 0.5) is 0 Å². The first-order chi connectivity index (χ1) is 8.65. The Bertz CT molecular complexity index is 236. The third-order valence-electron chi connectivity index (χ3n) is 2.87. The van der Waals surface area contributed by atoms with Gasteiger partial charge in [0.1, 0.15) is 6.10 Å².